The van der Waals surface area contributed by atoms with E-state index in [4.69, 9.17) is 4.74 Å². The van der Waals surface area contributed by atoms with E-state index in [1.165, 1.54) is 4.90 Å². The lowest BCUT2D eigenvalue weighted by Crippen LogP contribution is -2.54. The molecular weight excluding hydrogens is 498 g/mol. The largest absolute Gasteiger partial charge is 0.444 e. The first-order valence-electron chi connectivity index (χ1n) is 12.8. The molecule has 0 radical (unpaired) electrons. The van der Waals surface area contributed by atoms with Crippen LogP contribution in [0.5, 0.6) is 0 Å². The smallest absolute Gasteiger partial charge is 0.408 e. The molecule has 208 valence electrons. The summed E-state index contributed by atoms with van der Waals surface area (Å²) >= 11 is 0. The zero-order valence-electron chi connectivity index (χ0n) is 23.0. The summed E-state index contributed by atoms with van der Waals surface area (Å²) in [4.78, 5) is 41.3. The van der Waals surface area contributed by atoms with E-state index in [1.807, 2.05) is 68.4 Å². The summed E-state index contributed by atoms with van der Waals surface area (Å²) in [6.07, 6.45) is -0.886. The van der Waals surface area contributed by atoms with Gasteiger partial charge in [0.25, 0.3) is 5.91 Å². The molecule has 0 aromatic heterocycles. The minimum Gasteiger partial charge on any atom is -0.444 e. The molecule has 0 spiro atoms. The van der Waals surface area contributed by atoms with Crippen LogP contribution in [0.4, 0.5) is 10.5 Å². The first-order chi connectivity index (χ1) is 18.4. The van der Waals surface area contributed by atoms with Crippen LogP contribution in [0.2, 0.25) is 0 Å². The Morgan fingerprint density at radius 1 is 0.923 bits per heavy atom. The van der Waals surface area contributed by atoms with Gasteiger partial charge in [-0.15, -0.1) is 0 Å². The van der Waals surface area contributed by atoms with Crippen LogP contribution in [-0.4, -0.2) is 64.4 Å². The van der Waals surface area contributed by atoms with Crippen LogP contribution in [0.1, 0.15) is 43.5 Å². The molecule has 0 saturated carbocycles. The number of benzene rings is 3. The molecule has 0 heterocycles. The monoisotopic (exact) mass is 535 g/mol. The first-order valence-corrected chi connectivity index (χ1v) is 12.8. The minimum absolute atomic E-state index is 0.213. The van der Waals surface area contributed by atoms with E-state index >= 15 is 0 Å². The lowest BCUT2D eigenvalue weighted by molar-refractivity contribution is -0.142. The molecule has 3 aromatic carbocycles. The fourth-order valence-corrected chi connectivity index (χ4v) is 4.47. The van der Waals surface area contributed by atoms with Gasteiger partial charge in [0.2, 0.25) is 5.91 Å². The zero-order valence-corrected chi connectivity index (χ0v) is 23.0. The Kier molecular flexibility index (Phi) is 9.66. The topological polar surface area (TPSA) is 128 Å². The van der Waals surface area contributed by atoms with E-state index in [-0.39, 0.29) is 6.54 Å². The molecule has 3 aromatic rings. The number of hydrogen-bond acceptors (Lipinski definition) is 6. The highest BCUT2D eigenvalue weighted by atomic mass is 16.6. The average Bonchev–Trinajstić information content (AvgIpc) is 2.87. The molecule has 4 N–H and O–H groups in total. The highest BCUT2D eigenvalue weighted by Gasteiger charge is 2.37. The molecule has 0 fully saturated rings. The molecule has 0 aliphatic heterocycles. The van der Waals surface area contributed by atoms with Crippen molar-refractivity contribution in [2.24, 2.45) is 0 Å². The van der Waals surface area contributed by atoms with Crippen LogP contribution in [0, 0.1) is 13.8 Å². The van der Waals surface area contributed by atoms with Crippen LogP contribution < -0.4 is 10.6 Å². The van der Waals surface area contributed by atoms with Gasteiger partial charge in [0.1, 0.15) is 17.7 Å². The van der Waals surface area contributed by atoms with Gasteiger partial charge in [-0.25, -0.2) is 4.79 Å². The summed E-state index contributed by atoms with van der Waals surface area (Å²) in [5.74, 6) is -1.24. The van der Waals surface area contributed by atoms with Crippen molar-refractivity contribution in [3.63, 3.8) is 0 Å². The number of nitrogens with one attached hydrogen (secondary N) is 2. The van der Waals surface area contributed by atoms with E-state index in [0.29, 0.717) is 11.3 Å². The van der Waals surface area contributed by atoms with E-state index in [0.717, 1.165) is 21.9 Å². The Balaban J connectivity index is 2.02. The molecule has 9 nitrogen and oxygen atoms in total. The molecule has 0 aliphatic rings. The number of rotatable bonds is 9. The van der Waals surface area contributed by atoms with Crippen molar-refractivity contribution in [1.29, 1.82) is 0 Å². The predicted molar refractivity (Wildman–Crippen MR) is 150 cm³/mol. The molecular formula is C30H37N3O6. The SMILES string of the molecule is Cc1cccc(C)c1C(C(=O)Nc1ccc2ccccc2c1)N(CCO)C(=O)C(CO)NC(=O)OC(C)(C)C. The number of carbonyl (C=O) groups is 3. The van der Waals surface area contributed by atoms with E-state index < -0.39 is 48.8 Å². The van der Waals surface area contributed by atoms with Crippen molar-refractivity contribution in [3.8, 4) is 0 Å². The van der Waals surface area contributed by atoms with Crippen molar-refractivity contribution < 1.29 is 29.3 Å². The number of hydrogen-bond donors (Lipinski definition) is 4. The molecule has 0 aliphatic carbocycles. The number of alkyl carbamates (subject to hydrolysis) is 1. The molecule has 2 unspecified atom stereocenters. The van der Waals surface area contributed by atoms with Crippen LogP contribution in [0.3, 0.4) is 0 Å². The number of aliphatic hydroxyl groups is 2. The molecule has 0 bridgehead atoms. The lowest BCUT2D eigenvalue weighted by atomic mass is 9.93. The third-order valence-electron chi connectivity index (χ3n) is 6.19. The number of carbonyl (C=O) groups excluding carboxylic acids is 3. The van der Waals surface area contributed by atoms with Crippen molar-refractivity contribution >= 4 is 34.4 Å². The maximum atomic E-state index is 13.9. The minimum atomic E-state index is -1.40. The summed E-state index contributed by atoms with van der Waals surface area (Å²) in [6, 6.07) is 16.2. The number of ether oxygens (including phenoxy) is 1. The number of aryl methyl sites for hydroxylation is 2. The van der Waals surface area contributed by atoms with Crippen LogP contribution in [0.15, 0.2) is 60.7 Å². The van der Waals surface area contributed by atoms with Crippen LogP contribution >= 0.6 is 0 Å². The van der Waals surface area contributed by atoms with E-state index in [9.17, 15) is 24.6 Å². The number of fused-ring (bicyclic) bond motifs is 1. The lowest BCUT2D eigenvalue weighted by Gasteiger charge is -2.35. The summed E-state index contributed by atoms with van der Waals surface area (Å²) in [7, 11) is 0. The Morgan fingerprint density at radius 3 is 2.15 bits per heavy atom. The zero-order chi connectivity index (χ0) is 28.7. The third-order valence-corrected chi connectivity index (χ3v) is 6.19. The molecule has 0 saturated heterocycles. The quantitative estimate of drug-likeness (QED) is 0.330. The van der Waals surface area contributed by atoms with Gasteiger partial charge in [-0.3, -0.25) is 9.59 Å². The van der Waals surface area contributed by atoms with Crippen molar-refractivity contribution in [2.75, 3.05) is 25.1 Å². The Labute approximate surface area is 228 Å². The van der Waals surface area contributed by atoms with E-state index in [2.05, 4.69) is 10.6 Å². The van der Waals surface area contributed by atoms with Gasteiger partial charge in [-0.2, -0.15) is 0 Å². The third kappa shape index (κ3) is 7.55. The molecule has 3 rings (SSSR count). The highest BCUT2D eigenvalue weighted by Crippen LogP contribution is 2.30. The Morgan fingerprint density at radius 2 is 1.56 bits per heavy atom. The second-order valence-electron chi connectivity index (χ2n) is 10.4. The molecule has 2 atom stereocenters. The Hall–Kier alpha value is -3.95. The van der Waals surface area contributed by atoms with Crippen LogP contribution in [0.25, 0.3) is 10.8 Å². The van der Waals surface area contributed by atoms with E-state index in [1.54, 1.807) is 26.8 Å². The average molecular weight is 536 g/mol. The molecule has 9 heteroatoms. The maximum absolute atomic E-state index is 13.9. The highest BCUT2D eigenvalue weighted by molar-refractivity contribution is 6.00. The fourth-order valence-electron chi connectivity index (χ4n) is 4.47. The number of amides is 3. The van der Waals surface area contributed by atoms with Crippen molar-refractivity contribution in [1.82, 2.24) is 10.2 Å². The summed E-state index contributed by atoms with van der Waals surface area (Å²) in [5.41, 5.74) is 1.84. The van der Waals surface area contributed by atoms with Gasteiger partial charge < -0.3 is 30.5 Å². The van der Waals surface area contributed by atoms with Gasteiger partial charge in [0, 0.05) is 12.2 Å². The van der Waals surface area contributed by atoms with Crippen LogP contribution in [-0.2, 0) is 14.3 Å². The van der Waals surface area contributed by atoms with Crippen molar-refractivity contribution in [3.05, 3.63) is 77.4 Å². The second-order valence-corrected chi connectivity index (χ2v) is 10.4. The fraction of sp³-hybridized carbons (Fsp3) is 0.367. The second kappa shape index (κ2) is 12.7. The Bertz CT molecular complexity index is 1310. The summed E-state index contributed by atoms with van der Waals surface area (Å²) in [5, 5.41) is 27.2. The van der Waals surface area contributed by atoms with Gasteiger partial charge in [0.05, 0.1) is 13.2 Å². The first kappa shape index (κ1) is 29.6. The summed E-state index contributed by atoms with van der Waals surface area (Å²) in [6.45, 7) is 7.31. The van der Waals surface area contributed by atoms with Gasteiger partial charge in [-0.05, 0) is 74.2 Å². The number of nitrogens with zero attached hydrogens (tertiary/aromatic N) is 1. The van der Waals surface area contributed by atoms with Crippen molar-refractivity contribution in [2.45, 2.75) is 52.3 Å². The molecule has 3 amide bonds. The number of anilines is 1. The number of aliphatic hydroxyl groups excluding tert-OH is 2. The van der Waals surface area contributed by atoms with Gasteiger partial charge in [-0.1, -0.05) is 48.5 Å². The normalized spacial score (nSPS) is 12.9. The van der Waals surface area contributed by atoms with Gasteiger partial charge >= 0.3 is 6.09 Å². The van der Waals surface area contributed by atoms with Gasteiger partial charge in [0.15, 0.2) is 0 Å². The maximum Gasteiger partial charge on any atom is 0.408 e. The summed E-state index contributed by atoms with van der Waals surface area (Å²) < 4.78 is 5.24. The molecule has 39 heavy (non-hydrogen) atoms. The standard InChI is InChI=1S/C30H37N3O6/c1-19-9-8-10-20(2)25(19)26(27(36)31-23-14-13-21-11-6-7-12-22(21)17-23)33(15-16-34)28(37)24(18-35)32-29(38)39-30(3,4)5/h6-14,17,24,26,34-35H,15-16,18H2,1-5H3,(H,31,36)(H,32,38). The predicted octanol–water partition coefficient (Wildman–Crippen LogP) is 3.84.